The number of carbonyl (C=O) groups is 1. The molecule has 0 saturated carbocycles. The van der Waals surface area contributed by atoms with E-state index < -0.39 is 30.0 Å². The fourth-order valence-corrected chi connectivity index (χ4v) is 2.72. The maximum Gasteiger partial charge on any atom is 0.514 e. The molecule has 3 heterocycles. The highest BCUT2D eigenvalue weighted by Crippen LogP contribution is 2.36. The number of aryl methyl sites for hydroxylation is 1. The molecule has 140 valence electrons. The summed E-state index contributed by atoms with van der Waals surface area (Å²) in [5.74, 6) is 0. The van der Waals surface area contributed by atoms with Crippen LogP contribution < -0.4 is 5.59 Å². The molecule has 0 aliphatic carbocycles. The zero-order valence-electron chi connectivity index (χ0n) is 16.7. The zero-order valence-corrected chi connectivity index (χ0v) is 16.7. The smallest absolute Gasteiger partial charge is 0.442 e. The number of nitrogens with zero attached hydrogens (tertiary/aromatic N) is 3. The Morgan fingerprint density at radius 1 is 1.19 bits per heavy atom. The van der Waals surface area contributed by atoms with Crippen LogP contribution in [0.1, 0.15) is 54.2 Å². The van der Waals surface area contributed by atoms with Crippen molar-refractivity contribution in [3.63, 3.8) is 0 Å². The Kier molecular flexibility index (Phi) is 4.20. The van der Waals surface area contributed by atoms with E-state index in [9.17, 15) is 4.79 Å². The van der Waals surface area contributed by atoms with Gasteiger partial charge in [0.15, 0.2) is 0 Å². The van der Waals surface area contributed by atoms with E-state index in [0.717, 1.165) is 5.39 Å². The first-order chi connectivity index (χ1) is 11.8. The lowest BCUT2D eigenvalue weighted by Gasteiger charge is -2.32. The van der Waals surface area contributed by atoms with E-state index in [1.165, 1.54) is 4.68 Å². The van der Waals surface area contributed by atoms with Gasteiger partial charge in [-0.1, -0.05) is 0 Å². The van der Waals surface area contributed by atoms with Crippen molar-refractivity contribution in [2.24, 2.45) is 0 Å². The van der Waals surface area contributed by atoms with Crippen molar-refractivity contribution in [1.29, 1.82) is 0 Å². The number of carbonyl (C=O) groups excluding carboxylic acids is 1. The molecule has 0 spiro atoms. The molecule has 0 aromatic carbocycles. The molecule has 0 unspecified atom stereocenters. The van der Waals surface area contributed by atoms with Gasteiger partial charge in [0.05, 0.1) is 34.2 Å². The molecule has 1 aliphatic heterocycles. The Labute approximate surface area is 154 Å². The fraction of sp³-hybridized carbons (Fsp3) is 0.611. The van der Waals surface area contributed by atoms with E-state index in [1.807, 2.05) is 61.5 Å². The average Bonchev–Trinajstić information content (AvgIpc) is 2.91. The van der Waals surface area contributed by atoms with Crippen molar-refractivity contribution in [2.45, 2.75) is 72.2 Å². The lowest BCUT2D eigenvalue weighted by atomic mass is 9.83. The molecular formula is C18H26BN3O4. The van der Waals surface area contributed by atoms with Gasteiger partial charge in [0.2, 0.25) is 0 Å². The molecular weight excluding hydrogens is 333 g/mol. The first-order valence-corrected chi connectivity index (χ1v) is 8.75. The molecule has 0 N–H and O–H groups in total. The van der Waals surface area contributed by atoms with E-state index in [4.69, 9.17) is 14.0 Å². The molecule has 0 bridgehead atoms. The Balaban J connectivity index is 1.96. The van der Waals surface area contributed by atoms with Crippen LogP contribution >= 0.6 is 0 Å². The van der Waals surface area contributed by atoms with Gasteiger partial charge in [-0.2, -0.15) is 9.78 Å². The molecule has 0 atom stereocenters. The summed E-state index contributed by atoms with van der Waals surface area (Å²) in [6.45, 7) is 15.3. The summed E-state index contributed by atoms with van der Waals surface area (Å²) in [5.41, 5.74) is 0.485. The van der Waals surface area contributed by atoms with Crippen molar-refractivity contribution < 1.29 is 18.8 Å². The SMILES string of the molecule is Cc1nn(C(=O)OC(C)(C)C)c2cnc(B3OC(C)(C)C(C)(C)O3)cc12. The summed E-state index contributed by atoms with van der Waals surface area (Å²) < 4.78 is 18.8. The summed E-state index contributed by atoms with van der Waals surface area (Å²) in [6, 6.07) is 1.86. The van der Waals surface area contributed by atoms with Gasteiger partial charge in [-0.05, 0) is 61.5 Å². The van der Waals surface area contributed by atoms with Crippen LogP contribution in [0.5, 0.6) is 0 Å². The molecule has 1 saturated heterocycles. The summed E-state index contributed by atoms with van der Waals surface area (Å²) in [6.07, 6.45) is 1.08. The summed E-state index contributed by atoms with van der Waals surface area (Å²) in [7, 11) is -0.561. The molecule has 0 amide bonds. The minimum atomic E-state index is -0.598. The predicted molar refractivity (Wildman–Crippen MR) is 99.6 cm³/mol. The van der Waals surface area contributed by atoms with Crippen LogP contribution in [-0.2, 0) is 14.0 Å². The van der Waals surface area contributed by atoms with Gasteiger partial charge in [-0.3, -0.25) is 4.98 Å². The van der Waals surface area contributed by atoms with Gasteiger partial charge >= 0.3 is 13.2 Å². The van der Waals surface area contributed by atoms with Gasteiger partial charge in [0.25, 0.3) is 0 Å². The number of aromatic nitrogens is 3. The highest BCUT2D eigenvalue weighted by molar-refractivity contribution is 6.61. The number of pyridine rings is 1. The van der Waals surface area contributed by atoms with Gasteiger partial charge in [0, 0.05) is 5.39 Å². The van der Waals surface area contributed by atoms with Crippen LogP contribution in [0.2, 0.25) is 0 Å². The number of ether oxygens (including phenoxy) is 1. The molecule has 1 aliphatic rings. The van der Waals surface area contributed by atoms with Crippen LogP contribution in [0.4, 0.5) is 4.79 Å². The van der Waals surface area contributed by atoms with Crippen molar-refractivity contribution in [1.82, 2.24) is 14.8 Å². The summed E-state index contributed by atoms with van der Waals surface area (Å²) in [4.78, 5) is 16.9. The Hall–Kier alpha value is -1.93. The van der Waals surface area contributed by atoms with Crippen LogP contribution in [0.3, 0.4) is 0 Å². The van der Waals surface area contributed by atoms with E-state index in [0.29, 0.717) is 16.8 Å². The Bertz CT molecular complexity index is 851. The van der Waals surface area contributed by atoms with Crippen LogP contribution in [0.25, 0.3) is 10.9 Å². The molecule has 3 rings (SSSR count). The quantitative estimate of drug-likeness (QED) is 0.729. The molecule has 26 heavy (non-hydrogen) atoms. The lowest BCUT2D eigenvalue weighted by Crippen LogP contribution is -2.41. The lowest BCUT2D eigenvalue weighted by molar-refractivity contribution is 0.00578. The van der Waals surface area contributed by atoms with Crippen molar-refractivity contribution in [2.75, 3.05) is 0 Å². The second-order valence-electron chi connectivity index (χ2n) is 8.69. The largest absolute Gasteiger partial charge is 0.514 e. The topological polar surface area (TPSA) is 75.5 Å². The Morgan fingerprint density at radius 2 is 1.77 bits per heavy atom. The third kappa shape index (κ3) is 3.23. The van der Waals surface area contributed by atoms with Gasteiger partial charge in [0.1, 0.15) is 5.60 Å². The van der Waals surface area contributed by atoms with Gasteiger partial charge in [-0.25, -0.2) is 4.79 Å². The van der Waals surface area contributed by atoms with E-state index in [2.05, 4.69) is 10.1 Å². The van der Waals surface area contributed by atoms with Gasteiger partial charge in [-0.15, -0.1) is 0 Å². The third-order valence-electron chi connectivity index (χ3n) is 4.83. The summed E-state index contributed by atoms with van der Waals surface area (Å²) >= 11 is 0. The minimum absolute atomic E-state index is 0.440. The predicted octanol–water partition coefficient (Wildman–Crippen LogP) is 2.82. The van der Waals surface area contributed by atoms with Gasteiger partial charge < -0.3 is 14.0 Å². The van der Waals surface area contributed by atoms with E-state index in [1.54, 1.807) is 6.20 Å². The number of hydrogen-bond donors (Lipinski definition) is 0. The maximum absolute atomic E-state index is 12.4. The fourth-order valence-electron chi connectivity index (χ4n) is 2.72. The minimum Gasteiger partial charge on any atom is -0.442 e. The first-order valence-electron chi connectivity index (χ1n) is 8.75. The molecule has 1 fully saturated rings. The average molecular weight is 359 g/mol. The maximum atomic E-state index is 12.4. The molecule has 0 radical (unpaired) electrons. The monoisotopic (exact) mass is 359 g/mol. The molecule has 8 heteroatoms. The van der Waals surface area contributed by atoms with Crippen molar-refractivity contribution in [3.8, 4) is 0 Å². The van der Waals surface area contributed by atoms with Crippen molar-refractivity contribution in [3.05, 3.63) is 18.0 Å². The number of hydrogen-bond acceptors (Lipinski definition) is 6. The number of fused-ring (bicyclic) bond motifs is 1. The number of rotatable bonds is 1. The third-order valence-corrected chi connectivity index (χ3v) is 4.83. The molecule has 2 aromatic rings. The van der Waals surface area contributed by atoms with E-state index in [-0.39, 0.29) is 0 Å². The zero-order chi connectivity index (χ0) is 19.5. The second kappa shape index (κ2) is 5.79. The van der Waals surface area contributed by atoms with Crippen LogP contribution in [0, 0.1) is 6.92 Å². The normalized spacial score (nSPS) is 19.2. The Morgan fingerprint density at radius 3 is 2.31 bits per heavy atom. The van der Waals surface area contributed by atoms with Crippen molar-refractivity contribution >= 4 is 29.7 Å². The molecule has 2 aromatic heterocycles. The highest BCUT2D eigenvalue weighted by Gasteiger charge is 2.52. The highest BCUT2D eigenvalue weighted by atomic mass is 16.7. The van der Waals surface area contributed by atoms with Crippen LogP contribution in [0.15, 0.2) is 12.3 Å². The molecule has 7 nitrogen and oxygen atoms in total. The van der Waals surface area contributed by atoms with E-state index >= 15 is 0 Å². The summed E-state index contributed by atoms with van der Waals surface area (Å²) in [5, 5.41) is 5.13. The standard InChI is InChI=1S/C18H26BN3O4/c1-11-12-9-14(19-25-17(5,6)18(7,8)26-19)20-10-13(12)22(21-11)15(23)24-16(2,3)4/h9-10H,1-8H3. The van der Waals surface area contributed by atoms with Crippen LogP contribution in [-0.4, -0.2) is 44.8 Å². The first kappa shape index (κ1) is 18.9. The second-order valence-corrected chi connectivity index (χ2v) is 8.69.